The van der Waals surface area contributed by atoms with E-state index in [9.17, 15) is 0 Å². The first-order chi connectivity index (χ1) is 4.47. The van der Waals surface area contributed by atoms with Crippen LogP contribution in [0.25, 0.3) is 0 Å². The van der Waals surface area contributed by atoms with Gasteiger partial charge >= 0.3 is 0 Å². The van der Waals surface area contributed by atoms with Gasteiger partial charge in [-0.2, -0.15) is 0 Å². The molecule has 0 nitrogen and oxygen atoms in total. The summed E-state index contributed by atoms with van der Waals surface area (Å²) < 4.78 is 0. The molecule has 2 aliphatic carbocycles. The van der Waals surface area contributed by atoms with Gasteiger partial charge in [0.2, 0.25) is 0 Å². The molecule has 0 saturated heterocycles. The van der Waals surface area contributed by atoms with Crippen LogP contribution in [0.4, 0.5) is 0 Å². The third-order valence-electron chi connectivity index (χ3n) is 2.31. The van der Waals surface area contributed by atoms with Crippen molar-refractivity contribution in [1.29, 1.82) is 0 Å². The van der Waals surface area contributed by atoms with Gasteiger partial charge in [-0.25, -0.2) is 0 Å². The molecule has 0 unspecified atom stereocenters. The Hall–Kier alpha value is 0.194. The van der Waals surface area contributed by atoms with Crippen molar-refractivity contribution in [1.82, 2.24) is 0 Å². The van der Waals surface area contributed by atoms with E-state index < -0.39 is 0 Å². The first-order valence-electron chi connectivity index (χ1n) is 3.84. The molecule has 0 aromatic heterocycles. The molecule has 0 radical (unpaired) electrons. The summed E-state index contributed by atoms with van der Waals surface area (Å²) in [6.45, 7) is 0. The summed E-state index contributed by atoms with van der Waals surface area (Å²) in [6.07, 6.45) is 11.5. The second-order valence-electron chi connectivity index (χ2n) is 2.94. The van der Waals surface area contributed by atoms with Gasteiger partial charge in [0.25, 0.3) is 0 Å². The molecule has 0 heterocycles. The molecule has 10 heavy (non-hydrogen) atoms. The fraction of sp³-hybridized carbons (Fsp3) is 0.556. The molecule has 0 aromatic rings. The Morgan fingerprint density at radius 2 is 1.90 bits per heavy atom. The van der Waals surface area contributed by atoms with Gasteiger partial charge in [-0.1, -0.05) is 17.7 Å². The molecule has 0 spiro atoms. The van der Waals surface area contributed by atoms with Gasteiger partial charge in [-0.05, 0) is 37.7 Å². The summed E-state index contributed by atoms with van der Waals surface area (Å²) in [7, 11) is 0. The van der Waals surface area contributed by atoms with E-state index in [0.29, 0.717) is 0 Å². The van der Waals surface area contributed by atoms with Gasteiger partial charge in [-0.15, -0.1) is 0 Å². The smallest absolute Gasteiger partial charge is 0 e. The van der Waals surface area contributed by atoms with Gasteiger partial charge in [-0.3, -0.25) is 0 Å². The molecule has 2 aliphatic rings. The van der Waals surface area contributed by atoms with Crippen LogP contribution in [0.3, 0.4) is 0 Å². The van der Waals surface area contributed by atoms with E-state index in [4.69, 9.17) is 0 Å². The monoisotopic (exact) mass is 168 g/mol. The molecule has 0 atom stereocenters. The molecule has 0 saturated carbocycles. The molecular weight excluding hydrogens is 156 g/mol. The summed E-state index contributed by atoms with van der Waals surface area (Å²) in [4.78, 5) is 0. The number of rotatable bonds is 0. The quantitative estimate of drug-likeness (QED) is 0.488. The fourth-order valence-electron chi connectivity index (χ4n) is 1.77. The predicted molar refractivity (Wildman–Crippen MR) is 39.3 cm³/mol. The van der Waals surface area contributed by atoms with E-state index in [-0.39, 0.29) is 21.7 Å². The van der Waals surface area contributed by atoms with Crippen LogP contribution >= 0.6 is 0 Å². The van der Waals surface area contributed by atoms with Crippen LogP contribution in [0.15, 0.2) is 23.3 Å². The van der Waals surface area contributed by atoms with E-state index >= 15 is 0 Å². The Labute approximate surface area is 77.3 Å². The van der Waals surface area contributed by atoms with Crippen molar-refractivity contribution in [2.75, 3.05) is 0 Å². The SMILES string of the molecule is C1=CC2=C(C1)CCCC2.[Ti]. The van der Waals surface area contributed by atoms with Crippen molar-refractivity contribution in [3.8, 4) is 0 Å². The molecular formula is C9H12Ti. The summed E-state index contributed by atoms with van der Waals surface area (Å²) in [5, 5.41) is 0. The van der Waals surface area contributed by atoms with Crippen molar-refractivity contribution in [2.45, 2.75) is 32.1 Å². The Balaban J connectivity index is 0.000000500. The van der Waals surface area contributed by atoms with E-state index in [1.165, 1.54) is 32.1 Å². The Morgan fingerprint density at radius 1 is 1.10 bits per heavy atom. The largest absolute Gasteiger partial charge is 0.0802 e. The van der Waals surface area contributed by atoms with Crippen molar-refractivity contribution < 1.29 is 21.7 Å². The van der Waals surface area contributed by atoms with Crippen molar-refractivity contribution >= 4 is 0 Å². The standard InChI is InChI=1S/C9H12.Ti/c1-2-5-9-7-3-6-8(9)4-1;/h3,6H,1-2,4-5,7H2;. The van der Waals surface area contributed by atoms with E-state index in [1.54, 1.807) is 11.1 Å². The Kier molecular flexibility index (Phi) is 2.94. The van der Waals surface area contributed by atoms with Crippen LogP contribution in [-0.4, -0.2) is 0 Å². The molecule has 0 N–H and O–H groups in total. The maximum atomic E-state index is 2.31. The van der Waals surface area contributed by atoms with E-state index in [1.807, 2.05) is 0 Å². The van der Waals surface area contributed by atoms with Gasteiger partial charge in [0.15, 0.2) is 0 Å². The van der Waals surface area contributed by atoms with Crippen molar-refractivity contribution in [3.63, 3.8) is 0 Å². The predicted octanol–water partition coefficient (Wildman–Crippen LogP) is 2.81. The van der Waals surface area contributed by atoms with Gasteiger partial charge in [0.05, 0.1) is 0 Å². The summed E-state index contributed by atoms with van der Waals surface area (Å²) >= 11 is 0. The second kappa shape index (κ2) is 3.55. The Morgan fingerprint density at radius 3 is 2.70 bits per heavy atom. The number of hydrogen-bond donors (Lipinski definition) is 0. The molecule has 0 aliphatic heterocycles. The molecule has 1 heteroatoms. The number of allylic oxidation sites excluding steroid dienone is 4. The molecule has 0 amide bonds. The molecule has 0 aromatic carbocycles. The van der Waals surface area contributed by atoms with Crippen LogP contribution in [0, 0.1) is 0 Å². The van der Waals surface area contributed by atoms with Gasteiger partial charge < -0.3 is 0 Å². The van der Waals surface area contributed by atoms with E-state index in [2.05, 4.69) is 12.2 Å². The summed E-state index contributed by atoms with van der Waals surface area (Å²) in [5.74, 6) is 0. The third kappa shape index (κ3) is 1.43. The molecule has 2 rings (SSSR count). The van der Waals surface area contributed by atoms with Gasteiger partial charge in [0.1, 0.15) is 0 Å². The molecule has 0 bridgehead atoms. The fourth-order valence-corrected chi connectivity index (χ4v) is 1.77. The third-order valence-corrected chi connectivity index (χ3v) is 2.31. The van der Waals surface area contributed by atoms with Crippen LogP contribution in [0.2, 0.25) is 0 Å². The second-order valence-corrected chi connectivity index (χ2v) is 2.94. The van der Waals surface area contributed by atoms with Gasteiger partial charge in [0, 0.05) is 21.7 Å². The van der Waals surface area contributed by atoms with Crippen molar-refractivity contribution in [2.24, 2.45) is 0 Å². The average Bonchev–Trinajstić information content (AvgIpc) is 2.33. The minimum atomic E-state index is 0. The minimum Gasteiger partial charge on any atom is -0.0802 e. The van der Waals surface area contributed by atoms with Crippen LogP contribution < -0.4 is 0 Å². The van der Waals surface area contributed by atoms with Crippen molar-refractivity contribution in [3.05, 3.63) is 23.3 Å². The normalized spacial score (nSPS) is 22.4. The molecule has 52 valence electrons. The maximum absolute atomic E-state index is 2.31. The first kappa shape index (κ1) is 8.29. The molecule has 0 fully saturated rings. The van der Waals surface area contributed by atoms with Crippen LogP contribution in [-0.2, 0) is 21.7 Å². The average molecular weight is 168 g/mol. The zero-order valence-electron chi connectivity index (χ0n) is 6.19. The zero-order valence-corrected chi connectivity index (χ0v) is 7.75. The minimum absolute atomic E-state index is 0. The maximum Gasteiger partial charge on any atom is 0 e. The zero-order chi connectivity index (χ0) is 6.10. The van der Waals surface area contributed by atoms with E-state index in [0.717, 1.165) is 0 Å². The summed E-state index contributed by atoms with van der Waals surface area (Å²) in [6, 6.07) is 0. The first-order valence-corrected chi connectivity index (χ1v) is 3.84. The summed E-state index contributed by atoms with van der Waals surface area (Å²) in [5.41, 5.74) is 3.38. The Bertz CT molecular complexity index is 177. The number of hydrogen-bond acceptors (Lipinski definition) is 0. The van der Waals surface area contributed by atoms with Crippen LogP contribution in [0.5, 0.6) is 0 Å². The van der Waals surface area contributed by atoms with Crippen LogP contribution in [0.1, 0.15) is 32.1 Å². The topological polar surface area (TPSA) is 0 Å².